The molecular weight excluding hydrogens is 284 g/mol. The van der Waals surface area contributed by atoms with Gasteiger partial charge in [0.05, 0.1) is 18.1 Å². The summed E-state index contributed by atoms with van der Waals surface area (Å²) in [5, 5.41) is 8.31. The maximum atomic E-state index is 4.39. The Morgan fingerprint density at radius 1 is 0.957 bits per heavy atom. The van der Waals surface area contributed by atoms with E-state index in [-0.39, 0.29) is 0 Å². The molecule has 2 aromatic rings. The number of nitrogens with zero attached hydrogens (tertiary/aromatic N) is 4. The third-order valence-corrected chi connectivity index (χ3v) is 3.90. The molecule has 124 valence electrons. The van der Waals surface area contributed by atoms with Crippen LogP contribution in [0.2, 0.25) is 0 Å². The van der Waals surface area contributed by atoms with E-state index in [2.05, 4.69) is 22.2 Å². The highest BCUT2D eigenvalue weighted by Gasteiger charge is 1.98. The summed E-state index contributed by atoms with van der Waals surface area (Å²) in [4.78, 5) is 4.39. The first kappa shape index (κ1) is 17.4. The monoisotopic (exact) mass is 312 g/mol. The smallest absolute Gasteiger partial charge is 0.124 e. The van der Waals surface area contributed by atoms with Gasteiger partial charge in [0.1, 0.15) is 5.69 Å². The molecule has 1 heterocycles. The molecule has 23 heavy (non-hydrogen) atoms. The zero-order valence-electron chi connectivity index (χ0n) is 14.2. The van der Waals surface area contributed by atoms with Crippen LogP contribution in [0.15, 0.2) is 41.5 Å². The summed E-state index contributed by atoms with van der Waals surface area (Å²) in [7, 11) is 0. The summed E-state index contributed by atoms with van der Waals surface area (Å²) in [6.07, 6.45) is 14.4. The fourth-order valence-electron chi connectivity index (χ4n) is 2.54. The molecule has 0 aliphatic rings. The lowest BCUT2D eigenvalue weighted by Crippen LogP contribution is -1.98. The number of hydrogen-bond donors (Lipinski definition) is 0. The summed E-state index contributed by atoms with van der Waals surface area (Å²) < 4.78 is 1.92. The van der Waals surface area contributed by atoms with Crippen LogP contribution in [0.5, 0.6) is 0 Å². The molecule has 0 amide bonds. The Labute approximate surface area is 139 Å². The van der Waals surface area contributed by atoms with Crippen molar-refractivity contribution in [1.29, 1.82) is 0 Å². The molecule has 0 N–H and O–H groups in total. The van der Waals surface area contributed by atoms with E-state index in [1.165, 1.54) is 51.4 Å². The van der Waals surface area contributed by atoms with Gasteiger partial charge >= 0.3 is 0 Å². The third-order valence-electron chi connectivity index (χ3n) is 3.90. The van der Waals surface area contributed by atoms with E-state index in [1.54, 1.807) is 6.21 Å². The van der Waals surface area contributed by atoms with Gasteiger partial charge in [0.15, 0.2) is 0 Å². The molecule has 1 aromatic carbocycles. The van der Waals surface area contributed by atoms with E-state index in [1.807, 2.05) is 41.2 Å². The number of hydrogen-bond acceptors (Lipinski definition) is 3. The Hall–Kier alpha value is -1.97. The highest BCUT2D eigenvalue weighted by molar-refractivity contribution is 5.78. The molecule has 0 fully saturated rings. The van der Waals surface area contributed by atoms with Gasteiger partial charge in [0, 0.05) is 6.54 Å². The molecule has 0 atom stereocenters. The van der Waals surface area contributed by atoms with Gasteiger partial charge in [-0.25, -0.2) is 0 Å². The molecule has 2 rings (SSSR count). The van der Waals surface area contributed by atoms with E-state index in [4.69, 9.17) is 0 Å². The normalized spacial score (nSPS) is 11.3. The summed E-state index contributed by atoms with van der Waals surface area (Å²) in [5.74, 6) is 0. The van der Waals surface area contributed by atoms with Gasteiger partial charge in [-0.2, -0.15) is 0 Å². The predicted molar refractivity (Wildman–Crippen MR) is 96.3 cm³/mol. The average molecular weight is 312 g/mol. The maximum Gasteiger partial charge on any atom is 0.124 e. The van der Waals surface area contributed by atoms with Gasteiger partial charge in [0.2, 0.25) is 0 Å². The lowest BCUT2D eigenvalue weighted by Gasteiger charge is -2.01. The van der Waals surface area contributed by atoms with Crippen molar-refractivity contribution in [2.24, 2.45) is 4.99 Å². The minimum absolute atomic E-state index is 0.813. The van der Waals surface area contributed by atoms with Gasteiger partial charge < -0.3 is 0 Å². The highest BCUT2D eigenvalue weighted by Crippen LogP contribution is 2.10. The lowest BCUT2D eigenvalue weighted by atomic mass is 10.1. The van der Waals surface area contributed by atoms with Crippen molar-refractivity contribution in [1.82, 2.24) is 15.0 Å². The van der Waals surface area contributed by atoms with Crippen molar-refractivity contribution in [3.8, 4) is 0 Å². The SMILES string of the molecule is CCCCCCCCCCn1cc(C=Nc2ccccc2)nn1. The number of aryl methyl sites for hydroxylation is 1. The lowest BCUT2D eigenvalue weighted by molar-refractivity contribution is 0.511. The van der Waals surface area contributed by atoms with Gasteiger partial charge in [-0.1, -0.05) is 75.3 Å². The molecule has 0 saturated heterocycles. The van der Waals surface area contributed by atoms with Crippen LogP contribution in [-0.2, 0) is 6.54 Å². The Balaban J connectivity index is 1.62. The standard InChI is InChI=1S/C19H28N4/c1-2-3-4-5-6-7-8-12-15-23-17-19(21-22-23)16-20-18-13-10-9-11-14-18/h9-11,13-14,16-17H,2-8,12,15H2,1H3. The van der Waals surface area contributed by atoms with Crippen LogP contribution in [0.1, 0.15) is 64.0 Å². The number of rotatable bonds is 11. The second kappa shape index (κ2) is 10.7. The Bertz CT molecular complexity index is 560. The van der Waals surface area contributed by atoms with Gasteiger partial charge in [0.25, 0.3) is 0 Å². The second-order valence-corrected chi connectivity index (χ2v) is 5.98. The average Bonchev–Trinajstić information content (AvgIpc) is 3.04. The maximum absolute atomic E-state index is 4.39. The zero-order valence-corrected chi connectivity index (χ0v) is 14.2. The van der Waals surface area contributed by atoms with Crippen LogP contribution < -0.4 is 0 Å². The van der Waals surface area contributed by atoms with Crippen molar-refractivity contribution in [3.05, 3.63) is 42.2 Å². The topological polar surface area (TPSA) is 43.1 Å². The summed E-state index contributed by atoms with van der Waals surface area (Å²) in [5.41, 5.74) is 1.75. The molecular formula is C19H28N4. The molecule has 0 saturated carbocycles. The van der Waals surface area contributed by atoms with E-state index < -0.39 is 0 Å². The number of benzene rings is 1. The first-order valence-electron chi connectivity index (χ1n) is 8.87. The van der Waals surface area contributed by atoms with Crippen LogP contribution in [0.3, 0.4) is 0 Å². The first-order valence-corrected chi connectivity index (χ1v) is 8.87. The molecule has 0 bridgehead atoms. The number of aromatic nitrogens is 3. The molecule has 4 nitrogen and oxygen atoms in total. The van der Waals surface area contributed by atoms with Gasteiger partial charge in [-0.3, -0.25) is 9.67 Å². The molecule has 0 spiro atoms. The van der Waals surface area contributed by atoms with E-state index in [9.17, 15) is 0 Å². The van der Waals surface area contributed by atoms with Crippen LogP contribution in [0.25, 0.3) is 0 Å². The Morgan fingerprint density at radius 2 is 1.65 bits per heavy atom. The van der Waals surface area contributed by atoms with Crippen LogP contribution >= 0.6 is 0 Å². The van der Waals surface area contributed by atoms with Crippen LogP contribution in [0.4, 0.5) is 5.69 Å². The largest absolute Gasteiger partial charge is 0.255 e. The summed E-state index contributed by atoms with van der Waals surface area (Å²) >= 11 is 0. The van der Waals surface area contributed by atoms with Crippen LogP contribution in [-0.4, -0.2) is 21.2 Å². The van der Waals surface area contributed by atoms with Crippen molar-refractivity contribution < 1.29 is 0 Å². The Kier molecular flexibility index (Phi) is 8.09. The number of para-hydroxylation sites is 1. The second-order valence-electron chi connectivity index (χ2n) is 5.98. The number of aliphatic imine (C=N–C) groups is 1. The fourth-order valence-corrected chi connectivity index (χ4v) is 2.54. The first-order chi connectivity index (χ1) is 11.4. The van der Waals surface area contributed by atoms with E-state index in [0.717, 1.165) is 17.9 Å². The van der Waals surface area contributed by atoms with Crippen LogP contribution in [0, 0.1) is 0 Å². The van der Waals surface area contributed by atoms with Crippen molar-refractivity contribution in [2.45, 2.75) is 64.8 Å². The van der Waals surface area contributed by atoms with E-state index in [0.29, 0.717) is 0 Å². The quantitative estimate of drug-likeness (QED) is 0.424. The molecule has 0 unspecified atom stereocenters. The third kappa shape index (κ3) is 7.22. The van der Waals surface area contributed by atoms with Gasteiger partial charge in [-0.15, -0.1) is 5.10 Å². The minimum Gasteiger partial charge on any atom is -0.255 e. The van der Waals surface area contributed by atoms with Crippen molar-refractivity contribution in [2.75, 3.05) is 0 Å². The fraction of sp³-hybridized carbons (Fsp3) is 0.526. The highest BCUT2D eigenvalue weighted by atomic mass is 15.4. The summed E-state index contributed by atoms with van der Waals surface area (Å²) in [6, 6.07) is 9.89. The molecule has 1 aromatic heterocycles. The predicted octanol–water partition coefficient (Wildman–Crippen LogP) is 5.17. The van der Waals surface area contributed by atoms with Crippen molar-refractivity contribution >= 4 is 11.9 Å². The molecule has 0 radical (unpaired) electrons. The molecule has 0 aliphatic carbocycles. The zero-order chi connectivity index (χ0) is 16.2. The summed E-state index contributed by atoms with van der Waals surface area (Å²) in [6.45, 7) is 3.21. The Morgan fingerprint density at radius 3 is 2.39 bits per heavy atom. The molecule has 0 aliphatic heterocycles. The van der Waals surface area contributed by atoms with Crippen molar-refractivity contribution in [3.63, 3.8) is 0 Å². The molecule has 4 heteroatoms. The van der Waals surface area contributed by atoms with Gasteiger partial charge in [-0.05, 0) is 18.6 Å². The van der Waals surface area contributed by atoms with E-state index >= 15 is 0 Å². The minimum atomic E-state index is 0.813. The number of unbranched alkanes of at least 4 members (excludes halogenated alkanes) is 7.